The van der Waals surface area contributed by atoms with E-state index < -0.39 is 0 Å². The van der Waals surface area contributed by atoms with Crippen molar-refractivity contribution < 1.29 is 9.59 Å². The number of amides is 2. The van der Waals surface area contributed by atoms with Crippen molar-refractivity contribution >= 4 is 34.2 Å². The maximum Gasteiger partial charge on any atom is 0.247 e. The zero-order valence-electron chi connectivity index (χ0n) is 17.1. The van der Waals surface area contributed by atoms with Crippen LogP contribution in [0.5, 0.6) is 0 Å². The Bertz CT molecular complexity index is 1260. The number of nitrogens with zero attached hydrogens (tertiary/aromatic N) is 1. The topological polar surface area (TPSA) is 86.9 Å². The summed E-state index contributed by atoms with van der Waals surface area (Å²) in [5, 5.41) is 13.7. The second-order valence-corrected chi connectivity index (χ2v) is 7.22. The maximum absolute atomic E-state index is 12.9. The summed E-state index contributed by atoms with van der Waals surface area (Å²) in [6.07, 6.45) is 1.23. The SMILES string of the molecule is C=CC(=O)Nc1ccc(-c2cccc(C(C)C(=O)Nc3n[nH]c4ccccc34)c2)cc1. The van der Waals surface area contributed by atoms with Gasteiger partial charge in [-0.2, -0.15) is 5.10 Å². The zero-order chi connectivity index (χ0) is 21.8. The molecule has 4 rings (SSSR count). The molecule has 0 radical (unpaired) electrons. The molecule has 3 N–H and O–H groups in total. The number of hydrogen-bond donors (Lipinski definition) is 3. The molecular weight excluding hydrogens is 388 g/mol. The summed E-state index contributed by atoms with van der Waals surface area (Å²) in [4.78, 5) is 24.3. The molecule has 0 saturated heterocycles. The predicted molar refractivity (Wildman–Crippen MR) is 124 cm³/mol. The van der Waals surface area contributed by atoms with Gasteiger partial charge in [-0.05, 0) is 54.0 Å². The first-order valence-electron chi connectivity index (χ1n) is 9.93. The Kier molecular flexibility index (Phi) is 5.62. The molecule has 1 unspecified atom stereocenters. The number of carbonyl (C=O) groups is 2. The van der Waals surface area contributed by atoms with E-state index >= 15 is 0 Å². The first-order valence-corrected chi connectivity index (χ1v) is 9.93. The Hall–Kier alpha value is -4.19. The van der Waals surface area contributed by atoms with Crippen LogP contribution in [0.25, 0.3) is 22.0 Å². The summed E-state index contributed by atoms with van der Waals surface area (Å²) in [6, 6.07) is 23.1. The molecule has 0 saturated carbocycles. The second-order valence-electron chi connectivity index (χ2n) is 7.22. The van der Waals surface area contributed by atoms with Crippen LogP contribution in [0, 0.1) is 0 Å². The fraction of sp³-hybridized carbons (Fsp3) is 0.0800. The van der Waals surface area contributed by atoms with Gasteiger partial charge in [-0.25, -0.2) is 0 Å². The van der Waals surface area contributed by atoms with Gasteiger partial charge in [0.1, 0.15) is 0 Å². The first-order chi connectivity index (χ1) is 15.0. The number of H-pyrrole nitrogens is 1. The second kappa shape index (κ2) is 8.67. The molecular formula is C25H22N4O2. The van der Waals surface area contributed by atoms with E-state index in [0.29, 0.717) is 11.5 Å². The van der Waals surface area contributed by atoms with Crippen molar-refractivity contribution in [1.82, 2.24) is 10.2 Å². The van der Waals surface area contributed by atoms with Crippen LogP contribution >= 0.6 is 0 Å². The minimum atomic E-state index is -0.360. The predicted octanol–water partition coefficient (Wildman–Crippen LogP) is 5.10. The van der Waals surface area contributed by atoms with Crippen LogP contribution in [0.3, 0.4) is 0 Å². The van der Waals surface area contributed by atoms with E-state index in [1.54, 1.807) is 0 Å². The third-order valence-corrected chi connectivity index (χ3v) is 5.16. The lowest BCUT2D eigenvalue weighted by Crippen LogP contribution is -2.19. The quantitative estimate of drug-likeness (QED) is 0.387. The Morgan fingerprint density at radius 3 is 2.52 bits per heavy atom. The van der Waals surface area contributed by atoms with Crippen LogP contribution < -0.4 is 10.6 Å². The largest absolute Gasteiger partial charge is 0.323 e. The van der Waals surface area contributed by atoms with Gasteiger partial charge in [0.2, 0.25) is 11.8 Å². The minimum absolute atomic E-state index is 0.128. The third kappa shape index (κ3) is 4.38. The molecule has 1 atom stereocenters. The van der Waals surface area contributed by atoms with Gasteiger partial charge in [0.15, 0.2) is 5.82 Å². The zero-order valence-corrected chi connectivity index (χ0v) is 17.1. The normalized spacial score (nSPS) is 11.6. The Morgan fingerprint density at radius 2 is 1.74 bits per heavy atom. The molecule has 0 aliphatic heterocycles. The summed E-state index contributed by atoms with van der Waals surface area (Å²) in [6.45, 7) is 5.32. The maximum atomic E-state index is 12.9. The van der Waals surface area contributed by atoms with Crippen molar-refractivity contribution in [3.05, 3.63) is 91.0 Å². The molecule has 0 spiro atoms. The van der Waals surface area contributed by atoms with Gasteiger partial charge >= 0.3 is 0 Å². The smallest absolute Gasteiger partial charge is 0.247 e. The van der Waals surface area contributed by atoms with E-state index in [9.17, 15) is 9.59 Å². The van der Waals surface area contributed by atoms with Gasteiger partial charge in [0.05, 0.1) is 11.4 Å². The highest BCUT2D eigenvalue weighted by atomic mass is 16.2. The summed E-state index contributed by atoms with van der Waals surface area (Å²) in [5.74, 6) is -0.210. The average Bonchev–Trinajstić information content (AvgIpc) is 3.22. The Balaban J connectivity index is 1.51. The monoisotopic (exact) mass is 410 g/mol. The molecule has 3 aromatic carbocycles. The fourth-order valence-corrected chi connectivity index (χ4v) is 3.36. The summed E-state index contributed by atoms with van der Waals surface area (Å²) >= 11 is 0. The number of aromatic amines is 1. The van der Waals surface area contributed by atoms with Crippen molar-refractivity contribution in [3.8, 4) is 11.1 Å². The molecule has 6 heteroatoms. The van der Waals surface area contributed by atoms with Crippen molar-refractivity contribution in [1.29, 1.82) is 0 Å². The molecule has 2 amide bonds. The Morgan fingerprint density at radius 1 is 0.968 bits per heavy atom. The van der Waals surface area contributed by atoms with E-state index in [2.05, 4.69) is 27.4 Å². The number of nitrogens with one attached hydrogen (secondary N) is 3. The number of benzene rings is 3. The summed E-state index contributed by atoms with van der Waals surface area (Å²) in [7, 11) is 0. The number of fused-ring (bicyclic) bond motifs is 1. The molecule has 4 aromatic rings. The standard InChI is InChI=1S/C25H22N4O2/c1-3-23(30)26-20-13-11-17(12-14-20)19-8-6-7-18(15-19)16(2)25(31)27-24-21-9-4-5-10-22(21)28-29-24/h3-16H,1H2,2H3,(H,26,30)(H2,27,28,29,31). The van der Waals surface area contributed by atoms with Gasteiger partial charge < -0.3 is 10.6 Å². The summed E-state index contributed by atoms with van der Waals surface area (Å²) < 4.78 is 0. The molecule has 6 nitrogen and oxygen atoms in total. The first kappa shape index (κ1) is 20.1. The lowest BCUT2D eigenvalue weighted by molar-refractivity contribution is -0.117. The van der Waals surface area contributed by atoms with E-state index in [1.807, 2.05) is 79.7 Å². The lowest BCUT2D eigenvalue weighted by atomic mass is 9.95. The van der Waals surface area contributed by atoms with Crippen LogP contribution in [-0.2, 0) is 9.59 Å². The molecule has 1 heterocycles. The fourth-order valence-electron chi connectivity index (χ4n) is 3.36. The highest BCUT2D eigenvalue weighted by Crippen LogP contribution is 2.27. The summed E-state index contributed by atoms with van der Waals surface area (Å²) in [5.41, 5.74) is 4.45. The lowest BCUT2D eigenvalue weighted by Gasteiger charge is -2.13. The van der Waals surface area contributed by atoms with Gasteiger partial charge in [-0.15, -0.1) is 0 Å². The molecule has 1 aromatic heterocycles. The third-order valence-electron chi connectivity index (χ3n) is 5.16. The highest BCUT2D eigenvalue weighted by molar-refractivity contribution is 6.02. The van der Waals surface area contributed by atoms with E-state index in [1.165, 1.54) is 6.08 Å². The van der Waals surface area contributed by atoms with Crippen LogP contribution in [0.15, 0.2) is 85.5 Å². The van der Waals surface area contributed by atoms with Crippen molar-refractivity contribution in [2.75, 3.05) is 10.6 Å². The number of rotatable bonds is 6. The van der Waals surface area contributed by atoms with E-state index in [0.717, 1.165) is 27.6 Å². The van der Waals surface area contributed by atoms with Gasteiger partial charge in [0.25, 0.3) is 0 Å². The number of carbonyl (C=O) groups excluding carboxylic acids is 2. The van der Waals surface area contributed by atoms with Crippen LogP contribution in [0.4, 0.5) is 11.5 Å². The molecule has 0 aliphatic carbocycles. The van der Waals surface area contributed by atoms with Gasteiger partial charge in [-0.1, -0.05) is 55.1 Å². The van der Waals surface area contributed by atoms with E-state index in [4.69, 9.17) is 0 Å². The molecule has 0 fully saturated rings. The van der Waals surface area contributed by atoms with Crippen molar-refractivity contribution in [2.45, 2.75) is 12.8 Å². The highest BCUT2D eigenvalue weighted by Gasteiger charge is 2.18. The van der Waals surface area contributed by atoms with Crippen LogP contribution in [0.1, 0.15) is 18.4 Å². The number of aromatic nitrogens is 2. The van der Waals surface area contributed by atoms with Crippen molar-refractivity contribution in [2.24, 2.45) is 0 Å². The number of para-hydroxylation sites is 1. The van der Waals surface area contributed by atoms with Gasteiger partial charge in [-0.3, -0.25) is 14.7 Å². The van der Waals surface area contributed by atoms with Crippen molar-refractivity contribution in [3.63, 3.8) is 0 Å². The van der Waals surface area contributed by atoms with Crippen LogP contribution in [-0.4, -0.2) is 22.0 Å². The molecule has 0 bridgehead atoms. The molecule has 31 heavy (non-hydrogen) atoms. The number of hydrogen-bond acceptors (Lipinski definition) is 3. The molecule has 154 valence electrons. The number of anilines is 2. The van der Waals surface area contributed by atoms with Gasteiger partial charge in [0, 0.05) is 11.1 Å². The average molecular weight is 410 g/mol. The molecule has 0 aliphatic rings. The minimum Gasteiger partial charge on any atom is -0.323 e. The van der Waals surface area contributed by atoms with E-state index in [-0.39, 0.29) is 17.7 Å². The van der Waals surface area contributed by atoms with Crippen LogP contribution in [0.2, 0.25) is 0 Å². The Labute approximate surface area is 180 Å².